The van der Waals surface area contributed by atoms with E-state index in [1.165, 1.54) is 12.1 Å². The van der Waals surface area contributed by atoms with Crippen molar-refractivity contribution in [1.82, 2.24) is 10.2 Å². The summed E-state index contributed by atoms with van der Waals surface area (Å²) in [6, 6.07) is 4.34. The topological polar surface area (TPSA) is 107 Å². The Labute approximate surface area is 125 Å². The van der Waals surface area contributed by atoms with Gasteiger partial charge >= 0.3 is 5.97 Å². The SMILES string of the molecule is Cc1[nH]nc2c1[C@@H](c1ccc(O)cc1O)C1=C(COC1=O)N2. The van der Waals surface area contributed by atoms with E-state index in [0.29, 0.717) is 22.7 Å². The number of ether oxygens (including phenoxy) is 1. The largest absolute Gasteiger partial charge is 0.508 e. The summed E-state index contributed by atoms with van der Waals surface area (Å²) in [5, 5.41) is 29.9. The first-order valence-electron chi connectivity index (χ1n) is 6.80. The van der Waals surface area contributed by atoms with Gasteiger partial charge in [0.15, 0.2) is 5.82 Å². The van der Waals surface area contributed by atoms with Gasteiger partial charge in [0.1, 0.15) is 18.1 Å². The second-order valence-corrected chi connectivity index (χ2v) is 5.38. The Hall–Kier alpha value is -2.96. The Morgan fingerprint density at radius 2 is 2.18 bits per heavy atom. The molecule has 3 heterocycles. The molecule has 0 unspecified atom stereocenters. The van der Waals surface area contributed by atoms with Gasteiger partial charge in [0.25, 0.3) is 0 Å². The third-order valence-electron chi connectivity index (χ3n) is 4.06. The highest BCUT2D eigenvalue weighted by atomic mass is 16.5. The van der Waals surface area contributed by atoms with Crippen molar-refractivity contribution >= 4 is 11.8 Å². The number of esters is 1. The molecule has 2 aliphatic heterocycles. The number of hydrogen-bond acceptors (Lipinski definition) is 6. The van der Waals surface area contributed by atoms with Gasteiger partial charge in [-0.1, -0.05) is 6.07 Å². The number of phenolic OH excluding ortho intramolecular Hbond substituents is 2. The number of nitrogens with one attached hydrogen (secondary N) is 2. The number of rotatable bonds is 1. The highest BCUT2D eigenvalue weighted by Crippen LogP contribution is 2.47. The Morgan fingerprint density at radius 1 is 1.36 bits per heavy atom. The molecule has 112 valence electrons. The van der Waals surface area contributed by atoms with Gasteiger partial charge in [-0.15, -0.1) is 0 Å². The third-order valence-corrected chi connectivity index (χ3v) is 4.06. The first-order chi connectivity index (χ1) is 10.6. The number of hydrogen-bond donors (Lipinski definition) is 4. The summed E-state index contributed by atoms with van der Waals surface area (Å²) in [5.74, 6) is -0.397. The van der Waals surface area contributed by atoms with Crippen LogP contribution in [-0.4, -0.2) is 33.0 Å². The van der Waals surface area contributed by atoms with E-state index in [1.807, 2.05) is 6.92 Å². The fraction of sp³-hybridized carbons (Fsp3) is 0.200. The summed E-state index contributed by atoms with van der Waals surface area (Å²) in [6.07, 6.45) is 0. The number of anilines is 1. The highest BCUT2D eigenvalue weighted by molar-refractivity contribution is 5.97. The van der Waals surface area contributed by atoms with Crippen molar-refractivity contribution in [2.75, 3.05) is 11.9 Å². The molecule has 4 N–H and O–H groups in total. The molecule has 0 aliphatic carbocycles. The van der Waals surface area contributed by atoms with Crippen LogP contribution in [0.25, 0.3) is 0 Å². The van der Waals surface area contributed by atoms with Crippen LogP contribution in [0.1, 0.15) is 22.7 Å². The Morgan fingerprint density at radius 3 is 2.95 bits per heavy atom. The highest BCUT2D eigenvalue weighted by Gasteiger charge is 2.41. The molecule has 0 fully saturated rings. The van der Waals surface area contributed by atoms with Crippen LogP contribution < -0.4 is 5.32 Å². The number of aromatic hydroxyl groups is 2. The molecule has 0 amide bonds. The zero-order valence-electron chi connectivity index (χ0n) is 11.7. The van der Waals surface area contributed by atoms with E-state index in [0.717, 1.165) is 11.3 Å². The summed E-state index contributed by atoms with van der Waals surface area (Å²) in [7, 11) is 0. The van der Waals surface area contributed by atoms with Gasteiger partial charge in [0.05, 0.1) is 17.2 Å². The predicted octanol–water partition coefficient (Wildman–Crippen LogP) is 1.50. The molecule has 2 aromatic rings. The Kier molecular flexibility index (Phi) is 2.47. The number of benzene rings is 1. The lowest BCUT2D eigenvalue weighted by Gasteiger charge is -2.24. The minimum absolute atomic E-state index is 0.0393. The number of carbonyl (C=O) groups is 1. The number of aryl methyl sites for hydroxylation is 1. The molecule has 1 atom stereocenters. The monoisotopic (exact) mass is 299 g/mol. The summed E-state index contributed by atoms with van der Waals surface area (Å²) in [5.41, 5.74) is 3.24. The standard InChI is InChI=1S/C15H13N3O4/c1-6-11-12(8-3-2-7(19)4-10(8)20)13-9(5-22-15(13)21)16-14(11)18-17-6/h2-4,12,19-20H,5H2,1H3,(H2,16,17,18)/t12-/m1/s1. The van der Waals surface area contributed by atoms with Gasteiger partial charge in [0, 0.05) is 22.9 Å². The van der Waals surface area contributed by atoms with Crippen LogP contribution in [-0.2, 0) is 9.53 Å². The van der Waals surface area contributed by atoms with Crippen molar-refractivity contribution < 1.29 is 19.7 Å². The second-order valence-electron chi connectivity index (χ2n) is 5.38. The molecule has 1 aromatic heterocycles. The van der Waals surface area contributed by atoms with Gasteiger partial charge in [-0.05, 0) is 13.0 Å². The lowest BCUT2D eigenvalue weighted by atomic mass is 9.81. The third kappa shape index (κ3) is 1.62. The summed E-state index contributed by atoms with van der Waals surface area (Å²) >= 11 is 0. The lowest BCUT2D eigenvalue weighted by molar-refractivity contribution is -0.136. The van der Waals surface area contributed by atoms with E-state index in [-0.39, 0.29) is 18.1 Å². The quantitative estimate of drug-likeness (QED) is 0.594. The number of aromatic nitrogens is 2. The first kappa shape index (κ1) is 12.8. The molecule has 7 nitrogen and oxygen atoms in total. The van der Waals surface area contributed by atoms with Crippen LogP contribution in [0.3, 0.4) is 0 Å². The van der Waals surface area contributed by atoms with Gasteiger partial charge in [0.2, 0.25) is 0 Å². The van der Waals surface area contributed by atoms with E-state index in [1.54, 1.807) is 6.07 Å². The average Bonchev–Trinajstić information content (AvgIpc) is 3.02. The van der Waals surface area contributed by atoms with E-state index in [9.17, 15) is 15.0 Å². The van der Waals surface area contributed by atoms with Crippen molar-refractivity contribution in [3.8, 4) is 11.5 Å². The normalized spacial score (nSPS) is 19.5. The molecule has 2 aliphatic rings. The van der Waals surface area contributed by atoms with E-state index < -0.39 is 11.9 Å². The number of H-pyrrole nitrogens is 1. The molecule has 7 heteroatoms. The molecule has 1 aromatic carbocycles. The zero-order chi connectivity index (χ0) is 15.4. The molecule has 4 rings (SSSR count). The molecular weight excluding hydrogens is 286 g/mol. The van der Waals surface area contributed by atoms with Crippen LogP contribution in [0, 0.1) is 6.92 Å². The summed E-state index contributed by atoms with van der Waals surface area (Å²) in [6.45, 7) is 2.01. The van der Waals surface area contributed by atoms with Crippen LogP contribution in [0.2, 0.25) is 0 Å². The smallest absolute Gasteiger partial charge is 0.337 e. The predicted molar refractivity (Wildman–Crippen MR) is 76.5 cm³/mol. The molecule has 0 spiro atoms. The Bertz CT molecular complexity index is 837. The van der Waals surface area contributed by atoms with Crippen molar-refractivity contribution in [2.45, 2.75) is 12.8 Å². The van der Waals surface area contributed by atoms with Crippen molar-refractivity contribution in [1.29, 1.82) is 0 Å². The summed E-state index contributed by atoms with van der Waals surface area (Å²) < 4.78 is 5.11. The van der Waals surface area contributed by atoms with Crippen LogP contribution in [0.15, 0.2) is 29.5 Å². The molecule has 0 saturated carbocycles. The van der Waals surface area contributed by atoms with Gasteiger partial charge in [-0.25, -0.2) is 4.79 Å². The maximum absolute atomic E-state index is 12.1. The number of cyclic esters (lactones) is 1. The number of nitrogens with zero attached hydrogens (tertiary/aromatic N) is 1. The van der Waals surface area contributed by atoms with Crippen LogP contribution in [0.5, 0.6) is 11.5 Å². The minimum atomic E-state index is -0.486. The first-order valence-corrected chi connectivity index (χ1v) is 6.80. The lowest BCUT2D eigenvalue weighted by Crippen LogP contribution is -2.19. The number of carbonyl (C=O) groups excluding carboxylic acids is 1. The van der Waals surface area contributed by atoms with E-state index in [2.05, 4.69) is 15.5 Å². The molecule has 22 heavy (non-hydrogen) atoms. The average molecular weight is 299 g/mol. The Balaban J connectivity index is 1.98. The zero-order valence-corrected chi connectivity index (χ0v) is 11.7. The van der Waals surface area contributed by atoms with Gasteiger partial charge in [-0.2, -0.15) is 5.10 Å². The van der Waals surface area contributed by atoms with Crippen molar-refractivity contribution in [2.24, 2.45) is 0 Å². The van der Waals surface area contributed by atoms with Crippen LogP contribution in [0.4, 0.5) is 5.82 Å². The molecule has 0 saturated heterocycles. The fourth-order valence-corrected chi connectivity index (χ4v) is 3.07. The maximum Gasteiger partial charge on any atom is 0.337 e. The van der Waals surface area contributed by atoms with Crippen molar-refractivity contribution in [3.05, 3.63) is 46.3 Å². The molecule has 0 bridgehead atoms. The number of aromatic amines is 1. The number of fused-ring (bicyclic) bond motifs is 1. The molecule has 0 radical (unpaired) electrons. The maximum atomic E-state index is 12.1. The van der Waals surface area contributed by atoms with Gasteiger partial charge < -0.3 is 20.3 Å². The summed E-state index contributed by atoms with van der Waals surface area (Å²) in [4.78, 5) is 12.1. The second kappa shape index (κ2) is 4.27. The van der Waals surface area contributed by atoms with E-state index in [4.69, 9.17) is 4.74 Å². The van der Waals surface area contributed by atoms with Crippen LogP contribution >= 0.6 is 0 Å². The van der Waals surface area contributed by atoms with E-state index >= 15 is 0 Å². The molecular formula is C15H13N3O4. The minimum Gasteiger partial charge on any atom is -0.508 e. The van der Waals surface area contributed by atoms with Gasteiger partial charge in [-0.3, -0.25) is 5.10 Å². The van der Waals surface area contributed by atoms with Crippen molar-refractivity contribution in [3.63, 3.8) is 0 Å². The number of phenols is 2. The fourth-order valence-electron chi connectivity index (χ4n) is 3.07.